The van der Waals surface area contributed by atoms with Crippen molar-refractivity contribution in [3.8, 4) is 28.3 Å². The molecule has 1 aromatic heterocycles. The topological polar surface area (TPSA) is 122 Å². The molecule has 0 amide bonds. The molecule has 12 heteroatoms. The number of aliphatic hydroxyl groups is 1. The molecule has 2 fully saturated rings. The van der Waals surface area contributed by atoms with Gasteiger partial charge in [0.15, 0.2) is 0 Å². The molecule has 1 aliphatic heterocycles. The molecule has 0 unspecified atom stereocenters. The molecule has 0 radical (unpaired) electrons. The zero-order chi connectivity index (χ0) is 34.1. The Morgan fingerprint density at radius 1 is 0.860 bits per heavy atom. The Morgan fingerprint density at radius 3 is 2.22 bits per heavy atom. The van der Waals surface area contributed by atoms with Gasteiger partial charge in [0.25, 0.3) is 0 Å². The number of fused-ring (bicyclic) bond motifs is 1. The molecular weight excluding hydrogens is 697 g/mol. The Labute approximate surface area is 302 Å². The lowest BCUT2D eigenvalue weighted by molar-refractivity contribution is 0.0697. The minimum absolute atomic E-state index is 0. The average molecular weight is 737 g/mol. The van der Waals surface area contributed by atoms with Crippen LogP contribution in [0.5, 0.6) is 5.75 Å². The zero-order valence-corrected chi connectivity index (χ0v) is 29.8. The first kappa shape index (κ1) is 35.9. The minimum atomic E-state index is -3.76. The van der Waals surface area contributed by atoms with Crippen molar-refractivity contribution in [3.63, 3.8) is 0 Å². The van der Waals surface area contributed by atoms with Gasteiger partial charge >= 0.3 is 5.97 Å². The maximum Gasteiger partial charge on any atom is 0.335 e. The number of imidazole rings is 1. The highest BCUT2D eigenvalue weighted by Gasteiger charge is 2.29. The van der Waals surface area contributed by atoms with E-state index in [9.17, 15) is 23.4 Å². The first-order valence-corrected chi connectivity index (χ1v) is 18.5. The van der Waals surface area contributed by atoms with Crippen molar-refractivity contribution >= 4 is 51.0 Å². The van der Waals surface area contributed by atoms with Crippen LogP contribution in [0.15, 0.2) is 89.8 Å². The number of halogens is 2. The van der Waals surface area contributed by atoms with Crippen LogP contribution < -0.4 is 4.74 Å². The summed E-state index contributed by atoms with van der Waals surface area (Å²) < 4.78 is 37.2. The van der Waals surface area contributed by atoms with Crippen molar-refractivity contribution in [2.24, 2.45) is 0 Å². The van der Waals surface area contributed by atoms with E-state index < -0.39 is 22.1 Å². The second-order valence-corrected chi connectivity index (χ2v) is 15.3. The van der Waals surface area contributed by atoms with Gasteiger partial charge < -0.3 is 19.5 Å². The normalized spacial score (nSPS) is 16.3. The third-order valence-electron chi connectivity index (χ3n) is 9.68. The second-order valence-electron chi connectivity index (χ2n) is 12.9. The number of carbonyl (C=O) groups is 1. The van der Waals surface area contributed by atoms with E-state index in [0.29, 0.717) is 34.7 Å². The van der Waals surface area contributed by atoms with Crippen LogP contribution >= 0.6 is 24.0 Å². The Morgan fingerprint density at radius 2 is 1.54 bits per heavy atom. The van der Waals surface area contributed by atoms with Crippen LogP contribution in [0.1, 0.15) is 66.9 Å². The number of carboxylic acid groups (broad SMARTS) is 1. The molecule has 9 nitrogen and oxygen atoms in total. The molecule has 1 saturated heterocycles. The summed E-state index contributed by atoms with van der Waals surface area (Å²) in [5, 5.41) is 20.1. The number of aromatic nitrogens is 2. The number of aliphatic hydroxyl groups excluding tert-OH is 1. The van der Waals surface area contributed by atoms with Gasteiger partial charge in [-0.25, -0.2) is 18.2 Å². The molecule has 50 heavy (non-hydrogen) atoms. The SMILES string of the molecule is Cl.O=C(O)c1ccc2c(c1)nc(-c1ccc(OCc3cc(S(=O)(=O)N4CCC(O)CC4)ccc3-c3ccc(Cl)cc3)cc1)n2C1CCCCC1. The molecule has 0 spiro atoms. The molecule has 0 atom stereocenters. The van der Waals surface area contributed by atoms with Crippen molar-refractivity contribution in [3.05, 3.63) is 101 Å². The van der Waals surface area contributed by atoms with Gasteiger partial charge in [0.1, 0.15) is 18.2 Å². The highest BCUT2D eigenvalue weighted by Crippen LogP contribution is 2.37. The van der Waals surface area contributed by atoms with Crippen molar-refractivity contribution in [1.82, 2.24) is 13.9 Å². The van der Waals surface area contributed by atoms with Gasteiger partial charge in [0.2, 0.25) is 10.0 Å². The van der Waals surface area contributed by atoms with E-state index in [1.807, 2.05) is 48.5 Å². The van der Waals surface area contributed by atoms with Crippen LogP contribution in [0, 0.1) is 0 Å². The van der Waals surface area contributed by atoms with E-state index in [1.54, 1.807) is 36.4 Å². The summed E-state index contributed by atoms with van der Waals surface area (Å²) in [7, 11) is -3.76. The Bertz CT molecular complexity index is 2090. The summed E-state index contributed by atoms with van der Waals surface area (Å²) in [6.07, 6.45) is 5.94. The molecule has 2 aliphatic rings. The maximum atomic E-state index is 13.6. The molecule has 2 heterocycles. The minimum Gasteiger partial charge on any atom is -0.489 e. The predicted molar refractivity (Wildman–Crippen MR) is 197 cm³/mol. The number of aromatic carboxylic acids is 1. The summed E-state index contributed by atoms with van der Waals surface area (Å²) in [6, 6.07) is 25.6. The summed E-state index contributed by atoms with van der Waals surface area (Å²) in [5.41, 5.74) is 5.12. The molecule has 0 bridgehead atoms. The van der Waals surface area contributed by atoms with Crippen molar-refractivity contribution < 1.29 is 28.2 Å². The van der Waals surface area contributed by atoms with Gasteiger partial charge in [-0.1, -0.05) is 49.1 Å². The lowest BCUT2D eigenvalue weighted by Crippen LogP contribution is -2.40. The summed E-state index contributed by atoms with van der Waals surface area (Å²) in [4.78, 5) is 16.8. The summed E-state index contributed by atoms with van der Waals surface area (Å²) >= 11 is 6.16. The fraction of sp³-hybridized carbons (Fsp3) is 0.316. The van der Waals surface area contributed by atoms with Gasteiger partial charge in [-0.2, -0.15) is 4.31 Å². The van der Waals surface area contributed by atoms with Gasteiger partial charge in [0.05, 0.1) is 27.6 Å². The molecule has 5 aromatic rings. The quantitative estimate of drug-likeness (QED) is 0.156. The largest absolute Gasteiger partial charge is 0.489 e. The van der Waals surface area contributed by atoms with E-state index in [2.05, 4.69) is 4.57 Å². The van der Waals surface area contributed by atoms with Crippen LogP contribution in [-0.2, 0) is 16.6 Å². The number of carboxylic acids is 1. The number of ether oxygens (including phenoxy) is 1. The van der Waals surface area contributed by atoms with Crippen molar-refractivity contribution in [1.29, 1.82) is 0 Å². The van der Waals surface area contributed by atoms with Gasteiger partial charge in [-0.15, -0.1) is 12.4 Å². The number of hydrogen-bond acceptors (Lipinski definition) is 6. The van der Waals surface area contributed by atoms with Crippen LogP contribution in [0.3, 0.4) is 0 Å². The second kappa shape index (κ2) is 15.1. The van der Waals surface area contributed by atoms with Crippen molar-refractivity contribution in [2.75, 3.05) is 13.1 Å². The molecule has 1 aliphatic carbocycles. The number of sulfonamides is 1. The van der Waals surface area contributed by atoms with Crippen LogP contribution in [0.2, 0.25) is 5.02 Å². The van der Waals surface area contributed by atoms with Crippen LogP contribution in [0.25, 0.3) is 33.5 Å². The fourth-order valence-corrected chi connectivity index (χ4v) is 8.65. The first-order valence-electron chi connectivity index (χ1n) is 16.7. The lowest BCUT2D eigenvalue weighted by atomic mass is 9.95. The molecule has 2 N–H and O–H groups in total. The molecular formula is C38H39Cl2N3O6S. The van der Waals surface area contributed by atoms with Gasteiger partial charge in [0, 0.05) is 29.7 Å². The van der Waals surface area contributed by atoms with Crippen LogP contribution in [-0.4, -0.2) is 57.6 Å². The maximum absolute atomic E-state index is 13.6. The number of rotatable bonds is 9. The smallest absolute Gasteiger partial charge is 0.335 e. The van der Waals surface area contributed by atoms with E-state index in [-0.39, 0.29) is 48.6 Å². The summed E-state index contributed by atoms with van der Waals surface area (Å²) in [5.74, 6) is 0.424. The number of hydrogen-bond donors (Lipinski definition) is 2. The molecule has 4 aromatic carbocycles. The third kappa shape index (κ3) is 7.41. The van der Waals surface area contributed by atoms with Gasteiger partial charge in [-0.05, 0) is 109 Å². The number of piperidine rings is 1. The monoisotopic (exact) mass is 735 g/mol. The highest BCUT2D eigenvalue weighted by molar-refractivity contribution is 7.89. The Hall–Kier alpha value is -3.93. The standard InChI is InChI=1S/C38H38ClN3O6S.ClH/c39-29-11-6-25(7-12-29)34-16-15-33(49(46,47)41-20-18-31(43)19-21-41)22-28(34)24-48-32-13-8-26(9-14-32)37-40-35-23-27(38(44)45)10-17-36(35)42(37)30-4-2-1-3-5-30;/h6-17,22-23,30-31,43H,1-5,18-21,24H2,(H,44,45);1H. The van der Waals surface area contributed by atoms with Crippen molar-refractivity contribution in [2.45, 2.75) is 68.6 Å². The van der Waals surface area contributed by atoms with E-state index in [1.165, 1.54) is 10.7 Å². The Balaban J connectivity index is 0.00000432. The third-order valence-corrected chi connectivity index (χ3v) is 11.8. The molecule has 1 saturated carbocycles. The number of benzene rings is 4. The fourth-order valence-electron chi connectivity index (χ4n) is 7.00. The first-order chi connectivity index (χ1) is 23.7. The van der Waals surface area contributed by atoms with E-state index >= 15 is 0 Å². The lowest BCUT2D eigenvalue weighted by Gasteiger charge is -2.29. The van der Waals surface area contributed by atoms with E-state index in [0.717, 1.165) is 53.7 Å². The highest BCUT2D eigenvalue weighted by atomic mass is 35.5. The Kier molecular flexibility index (Phi) is 10.9. The average Bonchev–Trinajstić information content (AvgIpc) is 3.51. The molecule has 7 rings (SSSR count). The predicted octanol–water partition coefficient (Wildman–Crippen LogP) is 8.37. The van der Waals surface area contributed by atoms with Gasteiger partial charge in [-0.3, -0.25) is 0 Å². The van der Waals surface area contributed by atoms with Crippen LogP contribution in [0.4, 0.5) is 0 Å². The zero-order valence-electron chi connectivity index (χ0n) is 27.4. The van der Waals surface area contributed by atoms with E-state index in [4.69, 9.17) is 21.3 Å². The molecule has 262 valence electrons. The number of nitrogens with zero attached hydrogens (tertiary/aromatic N) is 3. The summed E-state index contributed by atoms with van der Waals surface area (Å²) in [6.45, 7) is 0.670.